The first kappa shape index (κ1) is 15.9. The Morgan fingerprint density at radius 3 is 2.57 bits per heavy atom. The summed E-state index contributed by atoms with van der Waals surface area (Å²) in [4.78, 5) is 22.9. The van der Waals surface area contributed by atoms with Crippen molar-refractivity contribution in [2.75, 3.05) is 5.32 Å². The molecule has 0 aliphatic rings. The third-order valence-electron chi connectivity index (χ3n) is 4.46. The normalized spacial score (nSPS) is 11.3. The molecule has 0 spiro atoms. The number of aromatic hydroxyl groups is 1. The largest absolute Gasteiger partial charge is 0.502 e. The summed E-state index contributed by atoms with van der Waals surface area (Å²) in [5.74, 6) is -0.208. The van der Waals surface area contributed by atoms with Crippen LogP contribution in [0.2, 0.25) is 0 Å². The van der Waals surface area contributed by atoms with Crippen molar-refractivity contribution in [3.63, 3.8) is 0 Å². The molecule has 0 radical (unpaired) electrons. The number of benzene rings is 2. The van der Waals surface area contributed by atoms with Crippen LogP contribution >= 0.6 is 0 Å². The Bertz CT molecular complexity index is 1400. The van der Waals surface area contributed by atoms with Crippen LogP contribution in [-0.4, -0.2) is 35.9 Å². The Morgan fingerprint density at radius 1 is 0.929 bits per heavy atom. The molecule has 0 amide bonds. The van der Waals surface area contributed by atoms with Crippen LogP contribution in [0.5, 0.6) is 5.75 Å². The van der Waals surface area contributed by atoms with E-state index in [1.54, 1.807) is 18.3 Å². The van der Waals surface area contributed by atoms with E-state index in [1.807, 2.05) is 24.3 Å². The van der Waals surface area contributed by atoms with Crippen LogP contribution in [0.1, 0.15) is 0 Å². The van der Waals surface area contributed by atoms with E-state index in [4.69, 9.17) is 0 Å². The SMILES string of the molecule is O=c1c(O)c(Nc2cc(-c3ccc4n[nH]cc4c3)cc(-c3nn[nH]n3)c2)c1=O. The molecule has 4 N–H and O–H groups in total. The van der Waals surface area contributed by atoms with E-state index in [-0.39, 0.29) is 5.69 Å². The first-order valence-corrected chi connectivity index (χ1v) is 8.22. The van der Waals surface area contributed by atoms with E-state index in [0.29, 0.717) is 17.1 Å². The highest BCUT2D eigenvalue weighted by molar-refractivity contribution is 5.86. The average molecular weight is 373 g/mol. The summed E-state index contributed by atoms with van der Waals surface area (Å²) < 4.78 is 0. The van der Waals surface area contributed by atoms with Gasteiger partial charge in [-0.15, -0.1) is 10.2 Å². The topological polar surface area (TPSA) is 150 Å². The lowest BCUT2D eigenvalue weighted by Gasteiger charge is -2.12. The molecule has 10 heteroatoms. The second-order valence-electron chi connectivity index (χ2n) is 6.20. The van der Waals surface area contributed by atoms with Gasteiger partial charge in [0.1, 0.15) is 5.69 Å². The first-order chi connectivity index (χ1) is 13.6. The number of rotatable bonds is 4. The Balaban J connectivity index is 1.64. The van der Waals surface area contributed by atoms with Crippen molar-refractivity contribution in [1.29, 1.82) is 0 Å². The number of H-pyrrole nitrogens is 2. The Hall–Kier alpha value is -4.34. The Morgan fingerprint density at radius 2 is 1.79 bits per heavy atom. The summed E-state index contributed by atoms with van der Waals surface area (Å²) in [6, 6.07) is 11.1. The van der Waals surface area contributed by atoms with Gasteiger partial charge < -0.3 is 10.4 Å². The van der Waals surface area contributed by atoms with Gasteiger partial charge in [0.15, 0.2) is 5.75 Å². The molecule has 136 valence electrons. The molecule has 5 rings (SSSR count). The predicted octanol–water partition coefficient (Wildman–Crippen LogP) is 1.46. The molecule has 0 unspecified atom stereocenters. The van der Waals surface area contributed by atoms with Crippen molar-refractivity contribution in [2.24, 2.45) is 0 Å². The number of nitrogens with zero attached hydrogens (tertiary/aromatic N) is 4. The number of hydrogen-bond acceptors (Lipinski definition) is 8. The van der Waals surface area contributed by atoms with Gasteiger partial charge >= 0.3 is 0 Å². The molecule has 0 saturated heterocycles. The minimum atomic E-state index is -0.901. The van der Waals surface area contributed by atoms with E-state index in [0.717, 1.165) is 22.0 Å². The molecule has 28 heavy (non-hydrogen) atoms. The maximum absolute atomic E-state index is 11.7. The zero-order chi connectivity index (χ0) is 19.3. The number of tetrazole rings is 1. The fourth-order valence-electron chi connectivity index (χ4n) is 3.04. The minimum absolute atomic E-state index is 0.133. The number of anilines is 2. The number of aromatic amines is 2. The molecule has 0 aliphatic heterocycles. The van der Waals surface area contributed by atoms with Crippen molar-refractivity contribution < 1.29 is 5.11 Å². The number of nitrogens with one attached hydrogen (secondary N) is 3. The zero-order valence-electron chi connectivity index (χ0n) is 14.1. The molecule has 0 bridgehead atoms. The van der Waals surface area contributed by atoms with Crippen molar-refractivity contribution in [3.8, 4) is 28.3 Å². The summed E-state index contributed by atoms with van der Waals surface area (Å²) in [5.41, 5.74) is 1.89. The van der Waals surface area contributed by atoms with Crippen LogP contribution in [0.25, 0.3) is 33.4 Å². The fourth-order valence-corrected chi connectivity index (χ4v) is 3.04. The van der Waals surface area contributed by atoms with Gasteiger partial charge in [-0.2, -0.15) is 10.3 Å². The second-order valence-corrected chi connectivity index (χ2v) is 6.20. The van der Waals surface area contributed by atoms with E-state index in [9.17, 15) is 14.7 Å². The fraction of sp³-hybridized carbons (Fsp3) is 0. The van der Waals surface area contributed by atoms with Crippen molar-refractivity contribution in [1.82, 2.24) is 30.8 Å². The van der Waals surface area contributed by atoms with Crippen LogP contribution in [0.15, 0.2) is 52.2 Å². The molecule has 0 fully saturated rings. The second kappa shape index (κ2) is 5.84. The number of fused-ring (bicyclic) bond motifs is 1. The van der Waals surface area contributed by atoms with Gasteiger partial charge in [-0.05, 0) is 46.7 Å². The predicted molar refractivity (Wildman–Crippen MR) is 101 cm³/mol. The standard InChI is InChI=1S/C18H11N7O3/c26-15-14(16(27)17(15)28)20-12-5-9(4-10(6-12)18-22-24-25-23-18)8-1-2-13-11(3-8)7-19-21-13/h1-7,20,26H,(H,19,21)(H,22,23,24,25). The number of aromatic nitrogens is 6. The maximum atomic E-state index is 11.7. The van der Waals surface area contributed by atoms with Gasteiger partial charge in [-0.25, -0.2) is 0 Å². The molecule has 2 aromatic heterocycles. The van der Waals surface area contributed by atoms with Gasteiger partial charge in [0.25, 0.3) is 10.9 Å². The molecule has 10 nitrogen and oxygen atoms in total. The van der Waals surface area contributed by atoms with Gasteiger partial charge in [0.2, 0.25) is 5.82 Å². The van der Waals surface area contributed by atoms with Gasteiger partial charge in [0, 0.05) is 22.8 Å². The molecule has 0 atom stereocenters. The van der Waals surface area contributed by atoms with Crippen LogP contribution in [0.3, 0.4) is 0 Å². The summed E-state index contributed by atoms with van der Waals surface area (Å²) in [6.45, 7) is 0. The molecule has 0 saturated carbocycles. The van der Waals surface area contributed by atoms with E-state index >= 15 is 0 Å². The molecule has 3 aromatic carbocycles. The van der Waals surface area contributed by atoms with Crippen LogP contribution < -0.4 is 16.2 Å². The highest BCUT2D eigenvalue weighted by Crippen LogP contribution is 2.32. The van der Waals surface area contributed by atoms with Gasteiger partial charge in [0.05, 0.1) is 5.52 Å². The molecule has 0 aliphatic carbocycles. The van der Waals surface area contributed by atoms with Gasteiger partial charge in [-0.1, -0.05) is 6.07 Å². The summed E-state index contributed by atoms with van der Waals surface area (Å²) in [6.07, 6.45) is 1.79. The Kier molecular flexibility index (Phi) is 3.31. The van der Waals surface area contributed by atoms with Crippen LogP contribution in [-0.2, 0) is 0 Å². The number of hydrogen-bond donors (Lipinski definition) is 4. The van der Waals surface area contributed by atoms with E-state index in [2.05, 4.69) is 36.1 Å². The van der Waals surface area contributed by atoms with Crippen molar-refractivity contribution >= 4 is 22.3 Å². The van der Waals surface area contributed by atoms with Gasteiger partial charge in [-0.3, -0.25) is 14.7 Å². The summed E-state index contributed by atoms with van der Waals surface area (Å²) in [7, 11) is 0. The third-order valence-corrected chi connectivity index (χ3v) is 4.46. The molecule has 5 aromatic rings. The zero-order valence-corrected chi connectivity index (χ0v) is 14.1. The van der Waals surface area contributed by atoms with E-state index < -0.39 is 16.6 Å². The highest BCUT2D eigenvalue weighted by Gasteiger charge is 2.20. The van der Waals surface area contributed by atoms with Crippen LogP contribution in [0.4, 0.5) is 11.4 Å². The van der Waals surface area contributed by atoms with Crippen molar-refractivity contribution in [3.05, 3.63) is 63.0 Å². The lowest BCUT2D eigenvalue weighted by atomic mass is 10.00. The quantitative estimate of drug-likeness (QED) is 0.346. The van der Waals surface area contributed by atoms with E-state index in [1.165, 1.54) is 0 Å². The van der Waals surface area contributed by atoms with Crippen molar-refractivity contribution in [2.45, 2.75) is 0 Å². The summed E-state index contributed by atoms with van der Waals surface area (Å²) in [5, 5.41) is 34.3. The Labute approximate surface area is 155 Å². The van der Waals surface area contributed by atoms with Crippen LogP contribution in [0, 0.1) is 0 Å². The smallest absolute Gasteiger partial charge is 0.271 e. The minimum Gasteiger partial charge on any atom is -0.502 e. The summed E-state index contributed by atoms with van der Waals surface area (Å²) >= 11 is 0. The molecular weight excluding hydrogens is 362 g/mol. The highest BCUT2D eigenvalue weighted by atomic mass is 16.3. The molecular formula is C18H11N7O3. The molecule has 2 heterocycles. The monoisotopic (exact) mass is 373 g/mol. The first-order valence-electron chi connectivity index (χ1n) is 8.22. The third kappa shape index (κ3) is 2.43. The maximum Gasteiger partial charge on any atom is 0.271 e. The lowest BCUT2D eigenvalue weighted by Crippen LogP contribution is -2.32. The average Bonchev–Trinajstić information content (AvgIpc) is 3.42. The lowest BCUT2D eigenvalue weighted by molar-refractivity contribution is 0.466.